The molecule has 0 bridgehead atoms. The molecule has 4 rings (SSSR count). The Morgan fingerprint density at radius 2 is 1.70 bits per heavy atom. The Hall–Kier alpha value is -3.52. The molecule has 0 saturated heterocycles. The predicted octanol–water partition coefficient (Wildman–Crippen LogP) is 3.56. The zero-order valence-electron chi connectivity index (χ0n) is 12.1. The number of H-pyrrole nitrogens is 1. The highest BCUT2D eigenvalue weighted by atomic mass is 15.3. The fourth-order valence-corrected chi connectivity index (χ4v) is 2.65. The number of hydrogen-bond acceptors (Lipinski definition) is 4. The van der Waals surface area contributed by atoms with E-state index in [4.69, 9.17) is 5.26 Å². The first-order valence-electron chi connectivity index (χ1n) is 7.12. The van der Waals surface area contributed by atoms with E-state index in [1.54, 1.807) is 6.20 Å². The number of pyridine rings is 1. The van der Waals surface area contributed by atoms with Crippen molar-refractivity contribution in [1.29, 1.82) is 5.26 Å². The van der Waals surface area contributed by atoms with Crippen molar-refractivity contribution in [3.8, 4) is 28.5 Å². The molecule has 0 atom stereocenters. The number of nitriles is 1. The molecule has 4 aromatic rings. The minimum absolute atomic E-state index is 0.365. The van der Waals surface area contributed by atoms with Gasteiger partial charge in [-0.05, 0) is 11.6 Å². The van der Waals surface area contributed by atoms with E-state index in [9.17, 15) is 0 Å². The standard InChI is InChI=1S/C18H11N5/c19-11-16-18(22-23-21-16)14-8-6-12(7-9-14)15-5-1-3-13-4-2-10-20-17(13)15/h1-10H,(H,21,22,23). The van der Waals surface area contributed by atoms with Crippen LogP contribution in [0.3, 0.4) is 0 Å². The summed E-state index contributed by atoms with van der Waals surface area (Å²) in [6.45, 7) is 0. The minimum atomic E-state index is 0.365. The molecular formula is C18H11N5. The normalized spacial score (nSPS) is 10.6. The second-order valence-corrected chi connectivity index (χ2v) is 5.11. The quantitative estimate of drug-likeness (QED) is 0.613. The van der Waals surface area contributed by atoms with Gasteiger partial charge in [0.25, 0.3) is 0 Å². The van der Waals surface area contributed by atoms with E-state index in [0.29, 0.717) is 11.4 Å². The molecule has 0 aliphatic carbocycles. The highest BCUT2D eigenvalue weighted by Crippen LogP contribution is 2.29. The van der Waals surface area contributed by atoms with E-state index >= 15 is 0 Å². The van der Waals surface area contributed by atoms with Gasteiger partial charge in [0.15, 0.2) is 5.69 Å². The van der Waals surface area contributed by atoms with Crippen LogP contribution in [-0.2, 0) is 0 Å². The van der Waals surface area contributed by atoms with E-state index in [1.165, 1.54) is 0 Å². The Labute approximate surface area is 132 Å². The van der Waals surface area contributed by atoms with Gasteiger partial charge in [0.2, 0.25) is 0 Å². The molecule has 2 aromatic heterocycles. The largest absolute Gasteiger partial charge is 0.256 e. The van der Waals surface area contributed by atoms with Gasteiger partial charge in [0.05, 0.1) is 5.52 Å². The number of benzene rings is 2. The summed E-state index contributed by atoms with van der Waals surface area (Å²) < 4.78 is 0. The SMILES string of the molecule is N#Cc1[nH]nnc1-c1ccc(-c2cccc3cccnc23)cc1. The Morgan fingerprint density at radius 3 is 2.52 bits per heavy atom. The molecule has 0 aliphatic rings. The lowest BCUT2D eigenvalue weighted by Crippen LogP contribution is -1.86. The maximum Gasteiger partial charge on any atom is 0.163 e. The third-order valence-corrected chi connectivity index (χ3v) is 3.76. The van der Waals surface area contributed by atoms with Crippen molar-refractivity contribution < 1.29 is 0 Å². The molecule has 108 valence electrons. The Balaban J connectivity index is 1.81. The first-order valence-corrected chi connectivity index (χ1v) is 7.12. The number of hydrogen-bond donors (Lipinski definition) is 1. The molecule has 0 fully saturated rings. The highest BCUT2D eigenvalue weighted by Gasteiger charge is 2.10. The van der Waals surface area contributed by atoms with Gasteiger partial charge in [0, 0.05) is 22.7 Å². The first kappa shape index (κ1) is 13.2. The van der Waals surface area contributed by atoms with Crippen LogP contribution in [0.15, 0.2) is 60.8 Å². The lowest BCUT2D eigenvalue weighted by molar-refractivity contribution is 0.937. The summed E-state index contributed by atoms with van der Waals surface area (Å²) in [4.78, 5) is 4.49. The molecule has 0 saturated carbocycles. The average molecular weight is 297 g/mol. The zero-order valence-corrected chi connectivity index (χ0v) is 12.1. The average Bonchev–Trinajstić information content (AvgIpc) is 3.10. The maximum atomic E-state index is 9.05. The fraction of sp³-hybridized carbons (Fsp3) is 0. The molecule has 2 aromatic carbocycles. The number of nitrogens with zero attached hydrogens (tertiary/aromatic N) is 4. The van der Waals surface area contributed by atoms with Gasteiger partial charge in [-0.1, -0.05) is 53.7 Å². The van der Waals surface area contributed by atoms with Crippen molar-refractivity contribution in [3.63, 3.8) is 0 Å². The molecule has 0 aliphatic heterocycles. The van der Waals surface area contributed by atoms with Crippen molar-refractivity contribution in [2.75, 3.05) is 0 Å². The van der Waals surface area contributed by atoms with Crippen LogP contribution in [0.2, 0.25) is 0 Å². The maximum absolute atomic E-state index is 9.05. The summed E-state index contributed by atoms with van der Waals surface area (Å²) in [5, 5.41) is 20.4. The fourth-order valence-electron chi connectivity index (χ4n) is 2.65. The second-order valence-electron chi connectivity index (χ2n) is 5.11. The van der Waals surface area contributed by atoms with Crippen LogP contribution in [0.25, 0.3) is 33.3 Å². The van der Waals surface area contributed by atoms with Crippen molar-refractivity contribution in [3.05, 3.63) is 66.5 Å². The second kappa shape index (κ2) is 5.35. The smallest absolute Gasteiger partial charge is 0.163 e. The molecule has 5 nitrogen and oxygen atoms in total. The number of fused-ring (bicyclic) bond motifs is 1. The first-order chi connectivity index (χ1) is 11.4. The number of aromatic nitrogens is 4. The lowest BCUT2D eigenvalue weighted by atomic mass is 10.00. The van der Waals surface area contributed by atoms with Gasteiger partial charge in [-0.3, -0.25) is 4.98 Å². The topological polar surface area (TPSA) is 78.2 Å². The van der Waals surface area contributed by atoms with Gasteiger partial charge in [0.1, 0.15) is 11.8 Å². The van der Waals surface area contributed by atoms with E-state index in [0.717, 1.165) is 27.6 Å². The third-order valence-electron chi connectivity index (χ3n) is 3.76. The summed E-state index contributed by atoms with van der Waals surface area (Å²) in [6, 6.07) is 20.1. The van der Waals surface area contributed by atoms with Crippen molar-refractivity contribution in [1.82, 2.24) is 20.4 Å². The van der Waals surface area contributed by atoms with Crippen LogP contribution in [0.1, 0.15) is 5.69 Å². The van der Waals surface area contributed by atoms with Crippen LogP contribution in [0.5, 0.6) is 0 Å². The van der Waals surface area contributed by atoms with Crippen molar-refractivity contribution in [2.24, 2.45) is 0 Å². The van der Waals surface area contributed by atoms with Crippen LogP contribution < -0.4 is 0 Å². The van der Waals surface area contributed by atoms with Crippen molar-refractivity contribution >= 4 is 10.9 Å². The molecule has 0 unspecified atom stereocenters. The number of nitrogens with one attached hydrogen (secondary N) is 1. The number of rotatable bonds is 2. The molecule has 0 radical (unpaired) electrons. The summed E-state index contributed by atoms with van der Waals surface area (Å²) in [7, 11) is 0. The van der Waals surface area contributed by atoms with Gasteiger partial charge < -0.3 is 0 Å². The zero-order chi connectivity index (χ0) is 15.6. The lowest BCUT2D eigenvalue weighted by Gasteiger charge is -2.06. The molecule has 23 heavy (non-hydrogen) atoms. The van der Waals surface area contributed by atoms with Gasteiger partial charge in [-0.15, -0.1) is 5.10 Å². The van der Waals surface area contributed by atoms with Gasteiger partial charge >= 0.3 is 0 Å². The van der Waals surface area contributed by atoms with E-state index in [-0.39, 0.29) is 0 Å². The molecule has 5 heteroatoms. The molecule has 0 spiro atoms. The summed E-state index contributed by atoms with van der Waals surface area (Å²) >= 11 is 0. The van der Waals surface area contributed by atoms with Crippen molar-refractivity contribution in [2.45, 2.75) is 0 Å². The Kier molecular flexibility index (Phi) is 3.06. The molecular weight excluding hydrogens is 286 g/mol. The summed E-state index contributed by atoms with van der Waals surface area (Å²) in [5.41, 5.74) is 4.91. The predicted molar refractivity (Wildman–Crippen MR) is 87.3 cm³/mol. The van der Waals surface area contributed by atoms with E-state index in [1.807, 2.05) is 36.4 Å². The van der Waals surface area contributed by atoms with Crippen LogP contribution >= 0.6 is 0 Å². The van der Waals surface area contributed by atoms with Crippen LogP contribution in [-0.4, -0.2) is 20.4 Å². The summed E-state index contributed by atoms with van der Waals surface area (Å²) in [5.74, 6) is 0. The van der Waals surface area contributed by atoms with Gasteiger partial charge in [-0.2, -0.15) is 5.26 Å². The highest BCUT2D eigenvalue weighted by molar-refractivity contribution is 5.93. The molecule has 2 heterocycles. The summed E-state index contributed by atoms with van der Waals surface area (Å²) in [6.07, 6.45) is 1.80. The van der Waals surface area contributed by atoms with E-state index < -0.39 is 0 Å². The molecule has 0 amide bonds. The molecule has 1 N–H and O–H groups in total. The van der Waals surface area contributed by atoms with Crippen LogP contribution in [0, 0.1) is 11.3 Å². The Bertz CT molecular complexity index is 1020. The number of para-hydroxylation sites is 1. The van der Waals surface area contributed by atoms with E-state index in [2.05, 4.69) is 44.7 Å². The third kappa shape index (κ3) is 2.23. The monoisotopic (exact) mass is 297 g/mol. The minimum Gasteiger partial charge on any atom is -0.256 e. The number of aromatic amines is 1. The van der Waals surface area contributed by atoms with Crippen LogP contribution in [0.4, 0.5) is 0 Å². The van der Waals surface area contributed by atoms with Gasteiger partial charge in [-0.25, -0.2) is 5.10 Å². The Morgan fingerprint density at radius 1 is 0.913 bits per heavy atom.